The third-order valence-electron chi connectivity index (χ3n) is 6.66. The molecule has 3 N–H and O–H groups in total. The SMILES string of the molecule is O=C(NCC1(CO)CCCC1)C1=C2C=CC=CN2C(CN2CCC(F)(F)CC2)N1. The first kappa shape index (κ1) is 20.3. The molecule has 4 rings (SSSR count). The van der Waals surface area contributed by atoms with Crippen LogP contribution >= 0.6 is 0 Å². The van der Waals surface area contributed by atoms with Gasteiger partial charge in [-0.05, 0) is 25.0 Å². The van der Waals surface area contributed by atoms with E-state index in [9.17, 15) is 18.7 Å². The second kappa shape index (κ2) is 8.07. The fourth-order valence-corrected chi connectivity index (χ4v) is 4.74. The monoisotopic (exact) mass is 408 g/mol. The van der Waals surface area contributed by atoms with Crippen molar-refractivity contribution >= 4 is 5.91 Å². The molecule has 6 nitrogen and oxygen atoms in total. The van der Waals surface area contributed by atoms with E-state index >= 15 is 0 Å². The lowest BCUT2D eigenvalue weighted by Gasteiger charge is -2.35. The molecule has 0 aromatic rings. The van der Waals surface area contributed by atoms with Crippen molar-refractivity contribution in [2.45, 2.75) is 50.6 Å². The molecule has 0 bridgehead atoms. The highest BCUT2D eigenvalue weighted by Crippen LogP contribution is 2.37. The lowest BCUT2D eigenvalue weighted by molar-refractivity contribution is -0.118. The number of aliphatic hydroxyl groups excluding tert-OH is 1. The number of likely N-dealkylation sites (tertiary alicyclic amines) is 1. The van der Waals surface area contributed by atoms with Gasteiger partial charge in [-0.3, -0.25) is 9.69 Å². The van der Waals surface area contributed by atoms with Gasteiger partial charge in [-0.2, -0.15) is 0 Å². The number of nitrogens with one attached hydrogen (secondary N) is 2. The third-order valence-corrected chi connectivity index (χ3v) is 6.66. The summed E-state index contributed by atoms with van der Waals surface area (Å²) in [7, 11) is 0. The highest BCUT2D eigenvalue weighted by molar-refractivity contribution is 5.94. The number of allylic oxidation sites excluding steroid dienone is 3. The van der Waals surface area contributed by atoms with Gasteiger partial charge in [0.15, 0.2) is 0 Å². The summed E-state index contributed by atoms with van der Waals surface area (Å²) in [5.74, 6) is -2.75. The van der Waals surface area contributed by atoms with Gasteiger partial charge in [0, 0.05) is 50.6 Å². The lowest BCUT2D eigenvalue weighted by Crippen LogP contribution is -2.49. The van der Waals surface area contributed by atoms with Gasteiger partial charge in [-0.15, -0.1) is 0 Å². The number of aliphatic hydroxyl groups is 1. The van der Waals surface area contributed by atoms with Gasteiger partial charge in [0.25, 0.3) is 11.8 Å². The van der Waals surface area contributed by atoms with Gasteiger partial charge in [-0.25, -0.2) is 8.78 Å². The minimum absolute atomic E-state index is 0.0869. The summed E-state index contributed by atoms with van der Waals surface area (Å²) in [5, 5.41) is 16.1. The molecule has 2 fully saturated rings. The minimum Gasteiger partial charge on any atom is -0.396 e. The molecule has 1 unspecified atom stereocenters. The van der Waals surface area contributed by atoms with Crippen LogP contribution in [0.3, 0.4) is 0 Å². The largest absolute Gasteiger partial charge is 0.396 e. The van der Waals surface area contributed by atoms with E-state index in [0.717, 1.165) is 31.4 Å². The molecule has 3 heterocycles. The smallest absolute Gasteiger partial charge is 0.269 e. The summed E-state index contributed by atoms with van der Waals surface area (Å²) >= 11 is 0. The van der Waals surface area contributed by atoms with Crippen molar-refractivity contribution in [3.05, 3.63) is 35.8 Å². The van der Waals surface area contributed by atoms with Crippen LogP contribution in [0.25, 0.3) is 0 Å². The Kier molecular flexibility index (Phi) is 5.66. The molecule has 8 heteroatoms. The predicted molar refractivity (Wildman–Crippen MR) is 106 cm³/mol. The average molecular weight is 408 g/mol. The van der Waals surface area contributed by atoms with Crippen LogP contribution in [0.1, 0.15) is 38.5 Å². The van der Waals surface area contributed by atoms with E-state index in [4.69, 9.17) is 0 Å². The van der Waals surface area contributed by atoms with E-state index < -0.39 is 5.92 Å². The molecule has 1 aliphatic carbocycles. The first-order valence-corrected chi connectivity index (χ1v) is 10.5. The van der Waals surface area contributed by atoms with Crippen LogP contribution < -0.4 is 10.6 Å². The number of nitrogens with zero attached hydrogens (tertiary/aromatic N) is 2. The molecule has 1 amide bonds. The van der Waals surface area contributed by atoms with Gasteiger partial charge in [0.2, 0.25) is 0 Å². The minimum atomic E-state index is -2.56. The lowest BCUT2D eigenvalue weighted by atomic mass is 9.87. The number of piperidine rings is 1. The van der Waals surface area contributed by atoms with E-state index in [-0.39, 0.29) is 36.9 Å². The Morgan fingerprint density at radius 1 is 1.21 bits per heavy atom. The van der Waals surface area contributed by atoms with Crippen molar-refractivity contribution in [3.8, 4) is 0 Å². The second-order valence-electron chi connectivity index (χ2n) is 8.73. The molecule has 1 atom stereocenters. The van der Waals surface area contributed by atoms with Crippen molar-refractivity contribution in [1.29, 1.82) is 0 Å². The van der Waals surface area contributed by atoms with Gasteiger partial charge in [0.05, 0.1) is 12.3 Å². The van der Waals surface area contributed by atoms with Crippen LogP contribution in [-0.2, 0) is 4.79 Å². The molecule has 0 aromatic carbocycles. The number of halogens is 2. The molecule has 3 aliphatic heterocycles. The van der Waals surface area contributed by atoms with Crippen LogP contribution in [0.4, 0.5) is 8.78 Å². The van der Waals surface area contributed by atoms with E-state index in [1.165, 1.54) is 0 Å². The molecule has 1 saturated heterocycles. The van der Waals surface area contributed by atoms with E-state index in [0.29, 0.717) is 31.9 Å². The number of alkyl halides is 2. The molecule has 1 saturated carbocycles. The molecule has 0 aromatic heterocycles. The summed E-state index contributed by atoms with van der Waals surface area (Å²) in [4.78, 5) is 17.0. The summed E-state index contributed by atoms with van der Waals surface area (Å²) < 4.78 is 26.9. The number of carbonyl (C=O) groups is 1. The van der Waals surface area contributed by atoms with Crippen molar-refractivity contribution in [1.82, 2.24) is 20.4 Å². The summed E-state index contributed by atoms with van der Waals surface area (Å²) in [5.41, 5.74) is 1.09. The zero-order valence-electron chi connectivity index (χ0n) is 16.7. The van der Waals surface area contributed by atoms with Crippen LogP contribution in [0, 0.1) is 5.41 Å². The van der Waals surface area contributed by atoms with Gasteiger partial charge in [-0.1, -0.05) is 18.9 Å². The Morgan fingerprint density at radius 2 is 1.93 bits per heavy atom. The average Bonchev–Trinajstić information content (AvgIpc) is 3.34. The standard InChI is InChI=1S/C21H30F2N4O2/c22-21(23)8-11-26(12-9-21)13-17-25-18(16-5-1-4-10-27(16)17)19(29)24-14-20(15-28)6-2-3-7-20/h1,4-5,10,17,25,28H,2-3,6-9,11-15H2,(H,24,29). The Labute approximate surface area is 170 Å². The van der Waals surface area contributed by atoms with E-state index in [1.54, 1.807) is 0 Å². The first-order chi connectivity index (χ1) is 13.9. The maximum absolute atomic E-state index is 13.4. The highest BCUT2D eigenvalue weighted by Gasteiger charge is 2.39. The van der Waals surface area contributed by atoms with Crippen molar-refractivity contribution in [2.24, 2.45) is 5.41 Å². The molecular formula is C21H30F2N4O2. The predicted octanol–water partition coefficient (Wildman–Crippen LogP) is 1.91. The number of fused-ring (bicyclic) bond motifs is 1. The molecule has 160 valence electrons. The van der Waals surface area contributed by atoms with Crippen molar-refractivity contribution in [3.63, 3.8) is 0 Å². The molecule has 29 heavy (non-hydrogen) atoms. The number of hydrogen-bond donors (Lipinski definition) is 3. The maximum Gasteiger partial charge on any atom is 0.269 e. The molecule has 0 radical (unpaired) electrons. The third kappa shape index (κ3) is 4.33. The normalized spacial score (nSPS) is 27.8. The van der Waals surface area contributed by atoms with Crippen molar-refractivity contribution < 1.29 is 18.7 Å². The van der Waals surface area contributed by atoms with Gasteiger partial charge >= 0.3 is 0 Å². The fourth-order valence-electron chi connectivity index (χ4n) is 4.74. The second-order valence-corrected chi connectivity index (χ2v) is 8.73. The van der Waals surface area contributed by atoms with E-state index in [2.05, 4.69) is 10.6 Å². The van der Waals surface area contributed by atoms with Crippen LogP contribution in [0.5, 0.6) is 0 Å². The Hall–Kier alpha value is -1.93. The number of amides is 1. The summed E-state index contributed by atoms with van der Waals surface area (Å²) in [6.07, 6.45) is 11.2. The first-order valence-electron chi connectivity index (χ1n) is 10.5. The molecular weight excluding hydrogens is 378 g/mol. The topological polar surface area (TPSA) is 67.8 Å². The summed E-state index contributed by atoms with van der Waals surface area (Å²) in [6.45, 7) is 1.83. The molecule has 0 spiro atoms. The number of hydrogen-bond acceptors (Lipinski definition) is 5. The van der Waals surface area contributed by atoms with Crippen LogP contribution in [0.15, 0.2) is 35.8 Å². The Balaban J connectivity index is 1.40. The Bertz CT molecular complexity index is 718. The van der Waals surface area contributed by atoms with Crippen LogP contribution in [0.2, 0.25) is 0 Å². The van der Waals surface area contributed by atoms with Gasteiger partial charge < -0.3 is 20.6 Å². The van der Waals surface area contributed by atoms with Gasteiger partial charge in [0.1, 0.15) is 11.9 Å². The van der Waals surface area contributed by atoms with Crippen LogP contribution in [-0.4, -0.2) is 65.7 Å². The zero-order valence-corrected chi connectivity index (χ0v) is 16.7. The van der Waals surface area contributed by atoms with E-state index in [1.807, 2.05) is 34.2 Å². The number of rotatable bonds is 6. The van der Waals surface area contributed by atoms with Crippen molar-refractivity contribution in [2.75, 3.05) is 32.8 Å². The zero-order chi connectivity index (χ0) is 20.5. The quantitative estimate of drug-likeness (QED) is 0.627. The highest BCUT2D eigenvalue weighted by atomic mass is 19.3. The Morgan fingerprint density at radius 3 is 2.62 bits per heavy atom. The number of carbonyl (C=O) groups excluding carboxylic acids is 1. The molecule has 4 aliphatic rings. The maximum atomic E-state index is 13.4. The fraction of sp³-hybridized carbons (Fsp3) is 0.667. The summed E-state index contributed by atoms with van der Waals surface area (Å²) in [6, 6.07) is 0.